The van der Waals surface area contributed by atoms with Crippen molar-refractivity contribution >= 4 is 68.6 Å². The van der Waals surface area contributed by atoms with Crippen LogP contribution in [0.3, 0.4) is 0 Å². The number of carbonyl (C=O) groups is 4. The van der Waals surface area contributed by atoms with Gasteiger partial charge in [0.1, 0.15) is 29.9 Å². The average molecular weight is 576 g/mol. The number of thioether (sulfide) groups is 2. The highest BCUT2D eigenvalue weighted by Crippen LogP contribution is 2.41. The maximum absolute atomic E-state index is 13.1. The fourth-order valence-electron chi connectivity index (χ4n) is 4.18. The van der Waals surface area contributed by atoms with Crippen LogP contribution in [0.1, 0.15) is 29.3 Å². The van der Waals surface area contributed by atoms with Crippen LogP contribution in [0, 0.1) is 6.92 Å². The molecule has 0 radical (unpaired) electrons. The normalized spacial score (nSPS) is 19.1. The third kappa shape index (κ3) is 5.71. The number of β-lactam (4-membered cyclic amide) rings is 1. The van der Waals surface area contributed by atoms with E-state index in [0.29, 0.717) is 23.5 Å². The molecule has 2 amide bonds. The highest BCUT2D eigenvalue weighted by Gasteiger charge is 2.54. The van der Waals surface area contributed by atoms with Crippen LogP contribution in [0.5, 0.6) is 0 Å². The molecule has 2 aromatic rings. The van der Waals surface area contributed by atoms with Crippen molar-refractivity contribution in [2.75, 3.05) is 18.6 Å². The molecule has 1 fully saturated rings. The zero-order valence-electron chi connectivity index (χ0n) is 20.7. The number of carboxylic acids is 1. The van der Waals surface area contributed by atoms with Crippen molar-refractivity contribution in [2.24, 2.45) is 5.16 Å². The lowest BCUT2D eigenvalue weighted by Crippen LogP contribution is -2.71. The van der Waals surface area contributed by atoms with Crippen molar-refractivity contribution in [2.45, 2.75) is 37.4 Å². The molecule has 1 saturated heterocycles. The van der Waals surface area contributed by atoms with Gasteiger partial charge in [0.05, 0.1) is 0 Å². The first-order valence-electron chi connectivity index (χ1n) is 11.4. The second-order valence-electron chi connectivity index (χ2n) is 8.53. The van der Waals surface area contributed by atoms with E-state index in [4.69, 9.17) is 10.6 Å². The lowest BCUT2D eigenvalue weighted by atomic mass is 9.96. The van der Waals surface area contributed by atoms with E-state index in [2.05, 4.69) is 15.5 Å². The largest absolute Gasteiger partial charge is 0.477 e. The van der Waals surface area contributed by atoms with Crippen LogP contribution in [0.2, 0.25) is 0 Å². The van der Waals surface area contributed by atoms with Crippen molar-refractivity contribution in [3.63, 3.8) is 0 Å². The molecule has 3 heterocycles. The Kier molecular flexibility index (Phi) is 8.43. The van der Waals surface area contributed by atoms with Gasteiger partial charge >= 0.3 is 5.97 Å². The van der Waals surface area contributed by atoms with Crippen LogP contribution in [0.25, 0.3) is 0 Å². The van der Waals surface area contributed by atoms with Gasteiger partial charge in [-0.2, -0.15) is 0 Å². The third-order valence-corrected chi connectivity index (χ3v) is 8.85. The number of thiazole rings is 1. The number of aryl methyl sites for hydroxylation is 1. The van der Waals surface area contributed by atoms with Crippen molar-refractivity contribution in [1.82, 2.24) is 15.2 Å². The van der Waals surface area contributed by atoms with Gasteiger partial charge in [0.25, 0.3) is 11.8 Å². The minimum atomic E-state index is -1.20. The first-order valence-corrected chi connectivity index (χ1v) is 14.3. The SMILES string of the molecule is CON=C(C(=O)N[C@@H]1C(=O)N2C(C(=O)O)=C(Cc3ccc(CSC(C)=O)cc3C)CS[C@H]12)c1csc(N)n1. The number of oxime groups is 1. The van der Waals surface area contributed by atoms with Gasteiger partial charge in [0, 0.05) is 23.8 Å². The second kappa shape index (κ2) is 11.6. The molecule has 38 heavy (non-hydrogen) atoms. The van der Waals surface area contributed by atoms with E-state index in [1.165, 1.54) is 42.5 Å². The van der Waals surface area contributed by atoms with Crippen LogP contribution >= 0.6 is 34.9 Å². The topological polar surface area (TPSA) is 164 Å². The summed E-state index contributed by atoms with van der Waals surface area (Å²) in [6, 6.07) is 4.91. The molecule has 4 rings (SSSR count). The first-order chi connectivity index (χ1) is 18.1. The van der Waals surface area contributed by atoms with E-state index >= 15 is 0 Å². The minimum Gasteiger partial charge on any atom is -0.477 e. The molecule has 1 aromatic heterocycles. The summed E-state index contributed by atoms with van der Waals surface area (Å²) in [6.45, 7) is 3.46. The van der Waals surface area contributed by atoms with Gasteiger partial charge in [-0.05, 0) is 35.6 Å². The van der Waals surface area contributed by atoms with Crippen molar-refractivity contribution in [3.8, 4) is 0 Å². The Morgan fingerprint density at radius 2 is 2.13 bits per heavy atom. The number of amides is 2. The maximum atomic E-state index is 13.1. The molecule has 14 heteroatoms. The quantitative estimate of drug-likeness (QED) is 0.229. The summed E-state index contributed by atoms with van der Waals surface area (Å²) in [5, 5.41) is 17.6. The Hall–Kier alpha value is -3.36. The molecule has 2 atom stereocenters. The Morgan fingerprint density at radius 3 is 2.74 bits per heavy atom. The lowest BCUT2D eigenvalue weighted by Gasteiger charge is -2.49. The fourth-order valence-corrected chi connectivity index (χ4v) is 6.63. The number of aliphatic carboxylic acids is 1. The number of carbonyl (C=O) groups excluding carboxylic acids is 3. The summed E-state index contributed by atoms with van der Waals surface area (Å²) >= 11 is 3.74. The molecule has 0 spiro atoms. The maximum Gasteiger partial charge on any atom is 0.352 e. The zero-order chi connectivity index (χ0) is 27.6. The Morgan fingerprint density at radius 1 is 1.37 bits per heavy atom. The summed E-state index contributed by atoms with van der Waals surface area (Å²) in [4.78, 5) is 59.5. The predicted molar refractivity (Wildman–Crippen MR) is 147 cm³/mol. The lowest BCUT2D eigenvalue weighted by molar-refractivity contribution is -0.150. The number of nitrogens with zero attached hydrogens (tertiary/aromatic N) is 3. The number of nitrogen functional groups attached to an aromatic ring is 1. The monoisotopic (exact) mass is 575 g/mol. The van der Waals surface area contributed by atoms with Gasteiger partial charge in [-0.1, -0.05) is 35.1 Å². The molecule has 0 bridgehead atoms. The number of nitrogens with two attached hydrogens (primary N) is 1. The molecule has 0 saturated carbocycles. The molecular formula is C24H25N5O6S3. The van der Waals surface area contributed by atoms with Gasteiger partial charge in [-0.15, -0.1) is 23.1 Å². The van der Waals surface area contributed by atoms with E-state index < -0.39 is 29.2 Å². The van der Waals surface area contributed by atoms with E-state index in [0.717, 1.165) is 28.0 Å². The van der Waals surface area contributed by atoms with E-state index in [1.807, 2.05) is 25.1 Å². The van der Waals surface area contributed by atoms with Gasteiger partial charge in [-0.3, -0.25) is 19.3 Å². The third-order valence-electron chi connectivity index (χ3n) is 5.95. The molecule has 11 nitrogen and oxygen atoms in total. The number of rotatable bonds is 9. The van der Waals surface area contributed by atoms with Crippen molar-refractivity contribution in [1.29, 1.82) is 0 Å². The first kappa shape index (κ1) is 27.7. The highest BCUT2D eigenvalue weighted by atomic mass is 32.2. The summed E-state index contributed by atoms with van der Waals surface area (Å²) < 4.78 is 0. The molecule has 2 aliphatic heterocycles. The molecule has 0 unspecified atom stereocenters. The Bertz CT molecular complexity index is 1370. The molecule has 4 N–H and O–H groups in total. The van der Waals surface area contributed by atoms with Crippen LogP contribution in [-0.4, -0.2) is 67.9 Å². The molecule has 1 aromatic carbocycles. The zero-order valence-corrected chi connectivity index (χ0v) is 23.2. The molecule has 2 aliphatic rings. The highest BCUT2D eigenvalue weighted by molar-refractivity contribution is 8.12. The molecular weight excluding hydrogens is 550 g/mol. The summed E-state index contributed by atoms with van der Waals surface area (Å²) in [7, 11) is 1.28. The number of nitrogens with one attached hydrogen (secondary N) is 1. The smallest absolute Gasteiger partial charge is 0.352 e. The standard InChI is InChI=1S/C24H25N5O6S3/c1-11-6-13(8-36-12(2)30)4-5-14(11)7-15-9-37-22-18(21(32)29(22)19(15)23(33)34)27-20(31)17(28-35-3)16-10-38-24(25)26-16/h4-6,10,18,22H,7-9H2,1-3H3,(H2,25,26)(H,27,31)(H,33,34)/t18-,22-/m1/s1. The number of benzene rings is 1. The van der Waals surface area contributed by atoms with Gasteiger partial charge in [0.2, 0.25) is 0 Å². The van der Waals surface area contributed by atoms with E-state index in [-0.39, 0.29) is 27.3 Å². The number of anilines is 1. The number of hydrogen-bond donors (Lipinski definition) is 3. The summed E-state index contributed by atoms with van der Waals surface area (Å²) in [5.74, 6) is -1.45. The summed E-state index contributed by atoms with van der Waals surface area (Å²) in [5.41, 5.74) is 9.21. The summed E-state index contributed by atoms with van der Waals surface area (Å²) in [6.07, 6.45) is 0.365. The van der Waals surface area contributed by atoms with Gasteiger partial charge in [0.15, 0.2) is 16.0 Å². The second-order valence-corrected chi connectivity index (χ2v) is 11.7. The average Bonchev–Trinajstić information content (AvgIpc) is 3.30. The van der Waals surface area contributed by atoms with E-state index in [1.54, 1.807) is 5.38 Å². The number of fused-ring (bicyclic) bond motifs is 1. The van der Waals surface area contributed by atoms with E-state index in [9.17, 15) is 24.3 Å². The Labute approximate surface area is 230 Å². The Balaban J connectivity index is 1.51. The van der Waals surface area contributed by atoms with Gasteiger partial charge < -0.3 is 21.0 Å². The van der Waals surface area contributed by atoms with Crippen LogP contribution in [0.15, 0.2) is 40.0 Å². The van der Waals surface area contributed by atoms with Crippen molar-refractivity contribution < 1.29 is 29.1 Å². The van der Waals surface area contributed by atoms with Crippen LogP contribution < -0.4 is 11.1 Å². The van der Waals surface area contributed by atoms with Crippen LogP contribution in [-0.2, 0) is 36.2 Å². The molecule has 0 aliphatic carbocycles. The predicted octanol–water partition coefficient (Wildman–Crippen LogP) is 2.15. The van der Waals surface area contributed by atoms with Crippen molar-refractivity contribution in [3.05, 3.63) is 57.2 Å². The van der Waals surface area contributed by atoms with Gasteiger partial charge in [-0.25, -0.2) is 9.78 Å². The minimum absolute atomic E-state index is 0.0421. The van der Waals surface area contributed by atoms with Crippen LogP contribution in [0.4, 0.5) is 5.13 Å². The number of aromatic nitrogens is 1. The number of carboxylic acid groups (broad SMARTS) is 1. The fraction of sp³-hybridized carbons (Fsp3) is 0.333. The molecule has 200 valence electrons. The number of hydrogen-bond acceptors (Lipinski definition) is 11.